The summed E-state index contributed by atoms with van der Waals surface area (Å²) in [4.78, 5) is 6.87. The summed E-state index contributed by atoms with van der Waals surface area (Å²) in [5.74, 6) is 2.17. The molecule has 0 spiro atoms. The molecule has 96 valence electrons. The molecule has 3 heterocycles. The van der Waals surface area contributed by atoms with Crippen molar-refractivity contribution in [2.45, 2.75) is 18.8 Å². The predicted octanol–water partition coefficient (Wildman–Crippen LogP) is 2.38. The van der Waals surface area contributed by atoms with E-state index in [1.54, 1.807) is 0 Å². The number of hydrogen-bond acceptors (Lipinski definition) is 3. The third-order valence-electron chi connectivity index (χ3n) is 3.76. The van der Waals surface area contributed by atoms with Crippen LogP contribution in [-0.2, 0) is 0 Å². The van der Waals surface area contributed by atoms with Crippen LogP contribution < -0.4 is 5.73 Å². The maximum absolute atomic E-state index is 6.20. The molecule has 0 bridgehead atoms. The number of pyridine rings is 1. The summed E-state index contributed by atoms with van der Waals surface area (Å²) >= 11 is 6.20. The van der Waals surface area contributed by atoms with Crippen LogP contribution in [0.3, 0.4) is 0 Å². The quantitative estimate of drug-likeness (QED) is 0.860. The lowest BCUT2D eigenvalue weighted by Crippen LogP contribution is -2.30. The molecule has 1 aliphatic heterocycles. The first-order valence-corrected chi connectivity index (χ1v) is 6.65. The molecule has 0 amide bonds. The molecule has 2 N–H and O–H groups in total. The first-order valence-electron chi connectivity index (χ1n) is 6.27. The van der Waals surface area contributed by atoms with E-state index in [2.05, 4.69) is 16.9 Å². The molecule has 0 aliphatic carbocycles. The van der Waals surface area contributed by atoms with E-state index in [0.717, 1.165) is 37.3 Å². The first-order chi connectivity index (χ1) is 8.66. The van der Waals surface area contributed by atoms with Gasteiger partial charge >= 0.3 is 0 Å². The second-order valence-corrected chi connectivity index (χ2v) is 5.37. The molecule has 18 heavy (non-hydrogen) atoms. The molecule has 0 atom stereocenters. The fourth-order valence-electron chi connectivity index (χ4n) is 2.69. The van der Waals surface area contributed by atoms with Crippen molar-refractivity contribution in [3.05, 3.63) is 29.2 Å². The van der Waals surface area contributed by atoms with Crippen molar-refractivity contribution in [2.75, 3.05) is 25.9 Å². The average molecular weight is 265 g/mol. The van der Waals surface area contributed by atoms with Gasteiger partial charge in [0.25, 0.3) is 0 Å². The van der Waals surface area contributed by atoms with Gasteiger partial charge in [-0.2, -0.15) is 0 Å². The first kappa shape index (κ1) is 11.8. The van der Waals surface area contributed by atoms with Gasteiger partial charge in [-0.1, -0.05) is 17.7 Å². The number of hydrogen-bond donors (Lipinski definition) is 1. The standard InChI is InChI=1S/C13H17ClN4/c1-17-7-5-9(6-8-17)13-16-12(14)10-3-2-4-11(15)18(10)13/h2-4,9H,5-8,15H2,1H3. The zero-order chi connectivity index (χ0) is 12.7. The number of piperidine rings is 1. The molecular weight excluding hydrogens is 248 g/mol. The van der Waals surface area contributed by atoms with Gasteiger partial charge < -0.3 is 10.6 Å². The molecule has 0 unspecified atom stereocenters. The highest BCUT2D eigenvalue weighted by molar-refractivity contribution is 6.32. The van der Waals surface area contributed by atoms with Crippen LogP contribution in [0, 0.1) is 0 Å². The van der Waals surface area contributed by atoms with Crippen LogP contribution in [0.5, 0.6) is 0 Å². The van der Waals surface area contributed by atoms with E-state index in [1.165, 1.54) is 0 Å². The molecule has 0 radical (unpaired) electrons. The molecule has 0 saturated carbocycles. The van der Waals surface area contributed by atoms with Gasteiger partial charge in [-0.15, -0.1) is 0 Å². The van der Waals surface area contributed by atoms with E-state index < -0.39 is 0 Å². The van der Waals surface area contributed by atoms with Gasteiger partial charge in [0.1, 0.15) is 11.6 Å². The average Bonchev–Trinajstić information content (AvgIpc) is 2.70. The van der Waals surface area contributed by atoms with Crippen molar-refractivity contribution in [1.82, 2.24) is 14.3 Å². The lowest BCUT2D eigenvalue weighted by molar-refractivity contribution is 0.251. The van der Waals surface area contributed by atoms with Crippen molar-refractivity contribution in [3.8, 4) is 0 Å². The van der Waals surface area contributed by atoms with E-state index in [0.29, 0.717) is 16.9 Å². The molecule has 1 saturated heterocycles. The number of nitrogens with two attached hydrogens (primary N) is 1. The van der Waals surface area contributed by atoms with Gasteiger partial charge in [-0.05, 0) is 45.1 Å². The van der Waals surface area contributed by atoms with Gasteiger partial charge in [0.15, 0.2) is 5.15 Å². The van der Waals surface area contributed by atoms with E-state index >= 15 is 0 Å². The maximum Gasteiger partial charge on any atom is 0.155 e. The lowest BCUT2D eigenvalue weighted by Gasteiger charge is -2.28. The Hall–Kier alpha value is -1.26. The summed E-state index contributed by atoms with van der Waals surface area (Å²) in [6.45, 7) is 2.20. The topological polar surface area (TPSA) is 46.6 Å². The van der Waals surface area contributed by atoms with Crippen LogP contribution in [0.25, 0.3) is 5.52 Å². The van der Waals surface area contributed by atoms with Gasteiger partial charge in [0.05, 0.1) is 5.52 Å². The Morgan fingerprint density at radius 2 is 2.06 bits per heavy atom. The molecule has 5 heteroatoms. The second kappa shape index (κ2) is 4.44. The van der Waals surface area contributed by atoms with Gasteiger partial charge in [-0.3, -0.25) is 4.40 Å². The van der Waals surface area contributed by atoms with E-state index in [9.17, 15) is 0 Å². The highest BCUT2D eigenvalue weighted by atomic mass is 35.5. The number of halogens is 1. The zero-order valence-electron chi connectivity index (χ0n) is 10.4. The Morgan fingerprint density at radius 3 is 2.78 bits per heavy atom. The van der Waals surface area contributed by atoms with Crippen molar-refractivity contribution in [1.29, 1.82) is 0 Å². The third-order valence-corrected chi connectivity index (χ3v) is 4.04. The Balaban J connectivity index is 2.07. The summed E-state index contributed by atoms with van der Waals surface area (Å²) in [5.41, 5.74) is 6.97. The van der Waals surface area contributed by atoms with Crippen molar-refractivity contribution >= 4 is 22.9 Å². The van der Waals surface area contributed by atoms with Crippen LogP contribution >= 0.6 is 11.6 Å². The van der Waals surface area contributed by atoms with Gasteiger partial charge in [0.2, 0.25) is 0 Å². The third kappa shape index (κ3) is 1.85. The zero-order valence-corrected chi connectivity index (χ0v) is 11.2. The van der Waals surface area contributed by atoms with Gasteiger partial charge in [-0.25, -0.2) is 4.98 Å². The smallest absolute Gasteiger partial charge is 0.155 e. The normalized spacial score (nSPS) is 18.6. The fourth-order valence-corrected chi connectivity index (χ4v) is 2.93. The van der Waals surface area contributed by atoms with Crippen LogP contribution in [0.4, 0.5) is 5.82 Å². The highest BCUT2D eigenvalue weighted by Gasteiger charge is 2.24. The molecule has 2 aromatic heterocycles. The Labute approximate surface area is 111 Å². The predicted molar refractivity (Wildman–Crippen MR) is 74.1 cm³/mol. The summed E-state index contributed by atoms with van der Waals surface area (Å²) in [7, 11) is 2.15. The highest BCUT2D eigenvalue weighted by Crippen LogP contribution is 2.31. The molecule has 1 fully saturated rings. The number of rotatable bonds is 1. The number of fused-ring (bicyclic) bond motifs is 1. The van der Waals surface area contributed by atoms with Crippen LogP contribution in [0.15, 0.2) is 18.2 Å². The fraction of sp³-hybridized carbons (Fsp3) is 0.462. The molecule has 2 aromatic rings. The van der Waals surface area contributed by atoms with E-state index in [4.69, 9.17) is 17.3 Å². The number of likely N-dealkylation sites (tertiary alicyclic amines) is 1. The van der Waals surface area contributed by atoms with Gasteiger partial charge in [0, 0.05) is 5.92 Å². The minimum atomic E-state index is 0.450. The van der Waals surface area contributed by atoms with Crippen LogP contribution in [-0.4, -0.2) is 34.4 Å². The molecule has 1 aliphatic rings. The molecule has 4 nitrogen and oxygen atoms in total. The monoisotopic (exact) mass is 264 g/mol. The second-order valence-electron chi connectivity index (χ2n) is 5.01. The molecule has 3 rings (SSSR count). The van der Waals surface area contributed by atoms with Crippen molar-refractivity contribution in [3.63, 3.8) is 0 Å². The number of aromatic nitrogens is 2. The van der Waals surface area contributed by atoms with Crippen molar-refractivity contribution in [2.24, 2.45) is 0 Å². The number of imidazole rings is 1. The summed E-state index contributed by atoms with van der Waals surface area (Å²) in [5, 5.41) is 0.552. The summed E-state index contributed by atoms with van der Waals surface area (Å²) < 4.78 is 2.00. The number of nitrogens with zero attached hydrogens (tertiary/aromatic N) is 3. The van der Waals surface area contributed by atoms with Crippen LogP contribution in [0.1, 0.15) is 24.6 Å². The van der Waals surface area contributed by atoms with Crippen molar-refractivity contribution < 1.29 is 0 Å². The summed E-state index contributed by atoms with van der Waals surface area (Å²) in [6, 6.07) is 5.77. The van der Waals surface area contributed by atoms with Crippen LogP contribution in [0.2, 0.25) is 5.15 Å². The Bertz CT molecular complexity index is 570. The number of nitrogen functional groups attached to an aromatic ring is 1. The van der Waals surface area contributed by atoms with E-state index in [1.807, 2.05) is 22.6 Å². The maximum atomic E-state index is 6.20. The Kier molecular flexibility index (Phi) is 2.92. The molecule has 0 aromatic carbocycles. The minimum absolute atomic E-state index is 0.450. The minimum Gasteiger partial charge on any atom is -0.385 e. The Morgan fingerprint density at radius 1 is 1.33 bits per heavy atom. The summed E-state index contributed by atoms with van der Waals surface area (Å²) in [6.07, 6.45) is 2.22. The largest absolute Gasteiger partial charge is 0.385 e. The van der Waals surface area contributed by atoms with E-state index in [-0.39, 0.29) is 0 Å². The SMILES string of the molecule is CN1CCC(c2nc(Cl)c3cccc(N)n23)CC1. The lowest BCUT2D eigenvalue weighted by atomic mass is 9.96. The number of anilines is 1. The molecular formula is C13H17ClN4.